The van der Waals surface area contributed by atoms with Gasteiger partial charge in [-0.25, -0.2) is 0 Å². The van der Waals surface area contributed by atoms with Gasteiger partial charge in [0.1, 0.15) is 18.6 Å². The van der Waals surface area contributed by atoms with Crippen molar-refractivity contribution in [1.29, 1.82) is 0 Å². The standard InChI is InChI=1S/C25H24F3NO5/c26-25(27,28)34-23-10-5-16(13-21(23)17-3-1-2-4-17)15-32-19-8-6-18(7-9-19)20(14-24(30)31)22-11-12-33-29-22/h3,5-6,8,10-13,20H,1-2,4,7,9,14-15H2,(H,30,31)/t20-/m0/s1. The Kier molecular flexibility index (Phi) is 7.09. The first kappa shape index (κ1) is 23.7. The molecule has 2 aliphatic rings. The predicted molar refractivity (Wildman–Crippen MR) is 117 cm³/mol. The third-order valence-corrected chi connectivity index (χ3v) is 5.87. The van der Waals surface area contributed by atoms with E-state index < -0.39 is 12.3 Å². The molecule has 1 aromatic carbocycles. The number of carboxylic acid groups (broad SMARTS) is 1. The number of aromatic nitrogens is 1. The minimum absolute atomic E-state index is 0.0899. The zero-order valence-corrected chi connectivity index (χ0v) is 18.3. The van der Waals surface area contributed by atoms with Gasteiger partial charge in [-0.2, -0.15) is 0 Å². The van der Waals surface area contributed by atoms with Gasteiger partial charge in [0.25, 0.3) is 0 Å². The van der Waals surface area contributed by atoms with Crippen LogP contribution in [-0.2, 0) is 16.1 Å². The summed E-state index contributed by atoms with van der Waals surface area (Å²) in [5, 5.41) is 13.2. The molecule has 0 saturated carbocycles. The maximum atomic E-state index is 12.8. The molecular weight excluding hydrogens is 451 g/mol. The highest BCUT2D eigenvalue weighted by molar-refractivity contribution is 5.72. The summed E-state index contributed by atoms with van der Waals surface area (Å²) >= 11 is 0. The van der Waals surface area contributed by atoms with Crippen LogP contribution in [0, 0.1) is 0 Å². The number of aliphatic carboxylic acids is 1. The van der Waals surface area contributed by atoms with Gasteiger partial charge in [0.2, 0.25) is 0 Å². The monoisotopic (exact) mass is 475 g/mol. The highest BCUT2D eigenvalue weighted by Crippen LogP contribution is 2.38. The van der Waals surface area contributed by atoms with E-state index in [0.29, 0.717) is 30.5 Å². The number of hydrogen-bond donors (Lipinski definition) is 1. The summed E-state index contributed by atoms with van der Waals surface area (Å²) in [6.45, 7) is 0.198. The molecule has 34 heavy (non-hydrogen) atoms. The zero-order chi connectivity index (χ0) is 24.1. The second-order valence-corrected chi connectivity index (χ2v) is 8.24. The fourth-order valence-corrected chi connectivity index (χ4v) is 4.27. The molecule has 0 aliphatic heterocycles. The van der Waals surface area contributed by atoms with Gasteiger partial charge in [-0.1, -0.05) is 28.9 Å². The van der Waals surface area contributed by atoms with E-state index in [2.05, 4.69) is 9.89 Å². The van der Waals surface area contributed by atoms with Crippen LogP contribution < -0.4 is 4.74 Å². The van der Waals surface area contributed by atoms with Gasteiger partial charge < -0.3 is 19.1 Å². The molecule has 0 bridgehead atoms. The number of carboxylic acids is 1. The Labute approximate surface area is 194 Å². The number of hydrogen-bond acceptors (Lipinski definition) is 5. The van der Waals surface area contributed by atoms with E-state index in [1.807, 2.05) is 12.2 Å². The van der Waals surface area contributed by atoms with Crippen molar-refractivity contribution >= 4 is 11.5 Å². The van der Waals surface area contributed by atoms with Crippen LogP contribution in [0.2, 0.25) is 0 Å². The zero-order valence-electron chi connectivity index (χ0n) is 18.3. The van der Waals surface area contributed by atoms with Crippen LogP contribution in [0.3, 0.4) is 0 Å². The van der Waals surface area contributed by atoms with E-state index >= 15 is 0 Å². The van der Waals surface area contributed by atoms with Crippen LogP contribution in [0.15, 0.2) is 64.6 Å². The highest BCUT2D eigenvalue weighted by atomic mass is 19.4. The van der Waals surface area contributed by atoms with Gasteiger partial charge in [-0.3, -0.25) is 4.79 Å². The van der Waals surface area contributed by atoms with E-state index in [1.165, 1.54) is 12.3 Å². The van der Waals surface area contributed by atoms with Crippen molar-refractivity contribution in [3.8, 4) is 5.75 Å². The minimum atomic E-state index is -4.76. The van der Waals surface area contributed by atoms with Crippen LogP contribution in [0.4, 0.5) is 13.2 Å². The summed E-state index contributed by atoms with van der Waals surface area (Å²) < 4.78 is 53.5. The molecule has 1 heterocycles. The van der Waals surface area contributed by atoms with E-state index in [4.69, 9.17) is 9.26 Å². The first-order chi connectivity index (χ1) is 16.3. The van der Waals surface area contributed by atoms with Crippen molar-refractivity contribution in [2.75, 3.05) is 0 Å². The van der Waals surface area contributed by atoms with E-state index in [0.717, 1.165) is 35.3 Å². The summed E-state index contributed by atoms with van der Waals surface area (Å²) in [5.74, 6) is -0.787. The molecule has 1 N–H and O–H groups in total. The number of allylic oxidation sites excluding steroid dienone is 6. The summed E-state index contributed by atoms with van der Waals surface area (Å²) in [4.78, 5) is 11.3. The van der Waals surface area contributed by atoms with Crippen molar-refractivity contribution < 1.29 is 37.1 Å². The molecule has 9 heteroatoms. The van der Waals surface area contributed by atoms with Crippen LogP contribution >= 0.6 is 0 Å². The SMILES string of the molecule is O=C(O)C[C@@H](C1=CC=C(OCc2ccc(OC(F)(F)F)c(C3=CCCC3)c2)CC1)c1ccon1. The number of carbonyl (C=O) groups is 1. The van der Waals surface area contributed by atoms with Gasteiger partial charge in [0, 0.05) is 24.0 Å². The predicted octanol–water partition coefficient (Wildman–Crippen LogP) is 6.52. The first-order valence-electron chi connectivity index (χ1n) is 11.0. The molecule has 0 amide bonds. The minimum Gasteiger partial charge on any atom is -0.493 e. The molecule has 0 fully saturated rings. The largest absolute Gasteiger partial charge is 0.573 e. The molecule has 180 valence electrons. The smallest absolute Gasteiger partial charge is 0.493 e. The molecular formula is C25H24F3NO5. The Morgan fingerprint density at radius 3 is 2.65 bits per heavy atom. The van der Waals surface area contributed by atoms with E-state index in [-0.39, 0.29) is 24.7 Å². The number of ether oxygens (including phenoxy) is 2. The van der Waals surface area contributed by atoms with Crippen molar-refractivity contribution in [3.63, 3.8) is 0 Å². The van der Waals surface area contributed by atoms with Crippen LogP contribution in [0.25, 0.3) is 5.57 Å². The maximum absolute atomic E-state index is 12.8. The van der Waals surface area contributed by atoms with Crippen LogP contribution in [0.1, 0.15) is 61.3 Å². The highest BCUT2D eigenvalue weighted by Gasteiger charge is 2.32. The molecule has 0 saturated heterocycles. The summed E-state index contributed by atoms with van der Waals surface area (Å²) in [6, 6.07) is 6.25. The summed E-state index contributed by atoms with van der Waals surface area (Å²) in [6.07, 6.45) is 5.79. The fraction of sp³-hybridized carbons (Fsp3) is 0.360. The molecule has 6 nitrogen and oxygen atoms in total. The average Bonchev–Trinajstić information content (AvgIpc) is 3.50. The molecule has 4 rings (SSSR count). The Bertz CT molecular complexity index is 1120. The van der Waals surface area contributed by atoms with Crippen LogP contribution in [0.5, 0.6) is 5.75 Å². The lowest BCUT2D eigenvalue weighted by atomic mass is 9.87. The van der Waals surface area contributed by atoms with Crippen molar-refractivity contribution in [2.45, 2.75) is 57.4 Å². The summed E-state index contributed by atoms with van der Waals surface area (Å²) in [7, 11) is 0. The number of nitrogens with zero attached hydrogens (tertiary/aromatic N) is 1. The van der Waals surface area contributed by atoms with Crippen LogP contribution in [-0.4, -0.2) is 22.6 Å². The second kappa shape index (κ2) is 10.2. The Balaban J connectivity index is 1.46. The molecule has 0 spiro atoms. The van der Waals surface area contributed by atoms with E-state index in [1.54, 1.807) is 24.3 Å². The molecule has 0 unspecified atom stereocenters. The average molecular weight is 475 g/mol. The number of alkyl halides is 3. The van der Waals surface area contributed by atoms with Gasteiger partial charge in [0.15, 0.2) is 0 Å². The Hall–Kier alpha value is -3.49. The lowest BCUT2D eigenvalue weighted by Gasteiger charge is -2.21. The number of rotatable bonds is 9. The third-order valence-electron chi connectivity index (χ3n) is 5.87. The molecule has 2 aromatic rings. The van der Waals surface area contributed by atoms with E-state index in [9.17, 15) is 23.1 Å². The number of benzene rings is 1. The maximum Gasteiger partial charge on any atom is 0.573 e. The quantitative estimate of drug-likeness (QED) is 0.445. The number of halogens is 3. The lowest BCUT2D eigenvalue weighted by molar-refractivity contribution is -0.274. The summed E-state index contributed by atoms with van der Waals surface area (Å²) in [5.41, 5.74) is 3.52. The molecule has 0 radical (unpaired) electrons. The van der Waals surface area contributed by atoms with Gasteiger partial charge in [-0.15, -0.1) is 13.2 Å². The molecule has 2 aliphatic carbocycles. The van der Waals surface area contributed by atoms with Crippen molar-refractivity contribution in [1.82, 2.24) is 5.16 Å². The van der Waals surface area contributed by atoms with Gasteiger partial charge in [0.05, 0.1) is 17.9 Å². The second-order valence-electron chi connectivity index (χ2n) is 8.24. The Morgan fingerprint density at radius 2 is 2.03 bits per heavy atom. The lowest BCUT2D eigenvalue weighted by Crippen LogP contribution is -2.18. The fourth-order valence-electron chi connectivity index (χ4n) is 4.27. The molecule has 1 atom stereocenters. The topological polar surface area (TPSA) is 81.8 Å². The van der Waals surface area contributed by atoms with Gasteiger partial charge in [-0.05, 0) is 55.0 Å². The third kappa shape index (κ3) is 6.09. The van der Waals surface area contributed by atoms with Crippen molar-refractivity contribution in [2.24, 2.45) is 0 Å². The van der Waals surface area contributed by atoms with Gasteiger partial charge >= 0.3 is 12.3 Å². The normalized spacial score (nSPS) is 17.0. The Morgan fingerprint density at radius 1 is 1.18 bits per heavy atom. The first-order valence-corrected chi connectivity index (χ1v) is 11.0. The van der Waals surface area contributed by atoms with Crippen molar-refractivity contribution in [3.05, 3.63) is 76.9 Å². The molecule has 1 aromatic heterocycles.